The molecule has 2 heterocycles. The van der Waals surface area contributed by atoms with E-state index in [0.717, 1.165) is 41.7 Å². The minimum Gasteiger partial charge on any atom is -0.361 e. The molecule has 0 aliphatic carbocycles. The van der Waals surface area contributed by atoms with E-state index in [9.17, 15) is 9.59 Å². The molecule has 5 heteroatoms. The lowest BCUT2D eigenvalue weighted by Gasteiger charge is -2.15. The molecule has 5 rings (SSSR count). The summed E-state index contributed by atoms with van der Waals surface area (Å²) in [5, 5.41) is 4.25. The van der Waals surface area contributed by atoms with Crippen LogP contribution < -0.4 is 10.2 Å². The van der Waals surface area contributed by atoms with Crippen LogP contribution in [-0.2, 0) is 17.6 Å². The number of nitrogens with zero attached hydrogens (tertiary/aromatic N) is 1. The standard InChI is InChI=1S/C28H27N3O2/c1-18-3-9-26-25(15-18)24(17-30-26)11-13-29-28(33)21-6-4-20(5-7-21)22-8-10-27-23(16-22)12-14-31(27)19(2)32/h3-10,15-17,30H,11-14H2,1-2H3,(H,29,33). The number of rotatable bonds is 5. The van der Waals surface area contributed by atoms with Crippen LogP contribution in [0.1, 0.15) is 34.0 Å². The highest BCUT2D eigenvalue weighted by molar-refractivity contribution is 5.95. The summed E-state index contributed by atoms with van der Waals surface area (Å²) in [4.78, 5) is 29.5. The van der Waals surface area contributed by atoms with Crippen LogP contribution in [0.15, 0.2) is 66.9 Å². The Morgan fingerprint density at radius 1 is 1.00 bits per heavy atom. The van der Waals surface area contributed by atoms with Gasteiger partial charge in [0.05, 0.1) is 0 Å². The number of hydrogen-bond acceptors (Lipinski definition) is 2. The smallest absolute Gasteiger partial charge is 0.251 e. The van der Waals surface area contributed by atoms with Gasteiger partial charge in [-0.2, -0.15) is 0 Å². The van der Waals surface area contributed by atoms with Crippen LogP contribution in [0.4, 0.5) is 5.69 Å². The largest absolute Gasteiger partial charge is 0.361 e. The molecular formula is C28H27N3O2. The zero-order valence-electron chi connectivity index (χ0n) is 18.9. The van der Waals surface area contributed by atoms with E-state index in [2.05, 4.69) is 41.5 Å². The van der Waals surface area contributed by atoms with Gasteiger partial charge < -0.3 is 15.2 Å². The van der Waals surface area contributed by atoms with Crippen molar-refractivity contribution in [1.82, 2.24) is 10.3 Å². The highest BCUT2D eigenvalue weighted by Gasteiger charge is 2.22. The third kappa shape index (κ3) is 4.14. The van der Waals surface area contributed by atoms with Crippen LogP contribution in [0.3, 0.4) is 0 Å². The van der Waals surface area contributed by atoms with Crippen molar-refractivity contribution < 1.29 is 9.59 Å². The van der Waals surface area contributed by atoms with Gasteiger partial charge >= 0.3 is 0 Å². The minimum atomic E-state index is -0.0661. The van der Waals surface area contributed by atoms with Gasteiger partial charge in [0.15, 0.2) is 0 Å². The van der Waals surface area contributed by atoms with Gasteiger partial charge in [-0.05, 0) is 78.4 Å². The highest BCUT2D eigenvalue weighted by atomic mass is 16.2. The van der Waals surface area contributed by atoms with Crippen molar-refractivity contribution in [3.63, 3.8) is 0 Å². The molecule has 0 atom stereocenters. The van der Waals surface area contributed by atoms with Crippen molar-refractivity contribution in [2.75, 3.05) is 18.0 Å². The number of benzene rings is 3. The number of fused-ring (bicyclic) bond motifs is 2. The first-order valence-electron chi connectivity index (χ1n) is 11.4. The zero-order valence-corrected chi connectivity index (χ0v) is 18.9. The lowest BCUT2D eigenvalue weighted by atomic mass is 10.0. The summed E-state index contributed by atoms with van der Waals surface area (Å²) in [6.07, 6.45) is 3.68. The van der Waals surface area contributed by atoms with Crippen LogP contribution in [0.25, 0.3) is 22.0 Å². The molecule has 0 saturated heterocycles. The van der Waals surface area contributed by atoms with Crippen LogP contribution >= 0.6 is 0 Å². The van der Waals surface area contributed by atoms with Crippen molar-refractivity contribution in [2.45, 2.75) is 26.7 Å². The Bertz CT molecular complexity index is 1350. The molecule has 166 valence electrons. The van der Waals surface area contributed by atoms with E-state index in [1.54, 1.807) is 6.92 Å². The van der Waals surface area contributed by atoms with Crippen LogP contribution in [-0.4, -0.2) is 29.9 Å². The molecule has 1 aromatic heterocycles. The predicted octanol–water partition coefficient (Wildman–Crippen LogP) is 5.02. The van der Waals surface area contributed by atoms with E-state index in [4.69, 9.17) is 0 Å². The number of nitrogens with one attached hydrogen (secondary N) is 2. The van der Waals surface area contributed by atoms with Gasteiger partial charge in [-0.3, -0.25) is 9.59 Å². The second-order valence-corrected chi connectivity index (χ2v) is 8.71. The van der Waals surface area contributed by atoms with Gasteiger partial charge in [0.25, 0.3) is 5.91 Å². The fourth-order valence-electron chi connectivity index (χ4n) is 4.63. The van der Waals surface area contributed by atoms with Crippen molar-refractivity contribution in [3.05, 3.63) is 89.1 Å². The number of aryl methyl sites for hydroxylation is 1. The molecule has 2 N–H and O–H groups in total. The Morgan fingerprint density at radius 3 is 2.58 bits per heavy atom. The van der Waals surface area contributed by atoms with E-state index in [-0.39, 0.29) is 11.8 Å². The number of anilines is 1. The molecule has 3 aromatic carbocycles. The average Bonchev–Trinajstić information content (AvgIpc) is 3.42. The summed E-state index contributed by atoms with van der Waals surface area (Å²) in [6.45, 7) is 5.02. The maximum Gasteiger partial charge on any atom is 0.251 e. The minimum absolute atomic E-state index is 0.0661. The van der Waals surface area contributed by atoms with Gasteiger partial charge in [0, 0.05) is 48.4 Å². The van der Waals surface area contributed by atoms with Crippen LogP contribution in [0.5, 0.6) is 0 Å². The van der Waals surface area contributed by atoms with E-state index >= 15 is 0 Å². The molecule has 0 unspecified atom stereocenters. The predicted molar refractivity (Wildman–Crippen MR) is 133 cm³/mol. The van der Waals surface area contributed by atoms with E-state index in [1.165, 1.54) is 22.1 Å². The summed E-state index contributed by atoms with van der Waals surface area (Å²) in [5.74, 6) is 0.0142. The summed E-state index contributed by atoms with van der Waals surface area (Å²) in [6, 6.07) is 20.3. The second kappa shape index (κ2) is 8.58. The van der Waals surface area contributed by atoms with Gasteiger partial charge in [0.1, 0.15) is 0 Å². The molecule has 4 aromatic rings. The molecule has 2 amide bonds. The van der Waals surface area contributed by atoms with Gasteiger partial charge in [-0.1, -0.05) is 29.8 Å². The molecule has 33 heavy (non-hydrogen) atoms. The summed E-state index contributed by atoms with van der Waals surface area (Å²) in [5.41, 5.74) is 8.57. The van der Waals surface area contributed by atoms with Gasteiger partial charge in [-0.25, -0.2) is 0 Å². The van der Waals surface area contributed by atoms with Crippen LogP contribution in [0.2, 0.25) is 0 Å². The number of aromatic amines is 1. The summed E-state index contributed by atoms with van der Waals surface area (Å²) in [7, 11) is 0. The SMILES string of the molecule is CC(=O)N1CCc2cc(-c3ccc(C(=O)NCCc4c[nH]c5ccc(C)cc45)cc3)ccc21. The normalized spacial score (nSPS) is 12.7. The maximum absolute atomic E-state index is 12.6. The van der Waals surface area contributed by atoms with E-state index in [0.29, 0.717) is 12.1 Å². The molecule has 0 radical (unpaired) electrons. The third-order valence-corrected chi connectivity index (χ3v) is 6.44. The van der Waals surface area contributed by atoms with E-state index in [1.807, 2.05) is 47.5 Å². The number of carbonyl (C=O) groups is 2. The molecule has 5 nitrogen and oxygen atoms in total. The fourth-order valence-corrected chi connectivity index (χ4v) is 4.63. The average molecular weight is 438 g/mol. The Balaban J connectivity index is 1.23. The molecule has 0 fully saturated rings. The Morgan fingerprint density at radius 2 is 1.79 bits per heavy atom. The van der Waals surface area contributed by atoms with Crippen molar-refractivity contribution in [2.24, 2.45) is 0 Å². The van der Waals surface area contributed by atoms with Gasteiger partial charge in [-0.15, -0.1) is 0 Å². The summed E-state index contributed by atoms with van der Waals surface area (Å²) >= 11 is 0. The number of aromatic nitrogens is 1. The first-order valence-corrected chi connectivity index (χ1v) is 11.4. The lowest BCUT2D eigenvalue weighted by molar-refractivity contribution is -0.116. The highest BCUT2D eigenvalue weighted by Crippen LogP contribution is 2.32. The first kappa shape index (κ1) is 21.0. The number of H-pyrrole nitrogens is 1. The molecule has 1 aliphatic rings. The first-order chi connectivity index (χ1) is 16.0. The quantitative estimate of drug-likeness (QED) is 0.460. The topological polar surface area (TPSA) is 65.2 Å². The van der Waals surface area contributed by atoms with Crippen molar-refractivity contribution in [3.8, 4) is 11.1 Å². The third-order valence-electron chi connectivity index (χ3n) is 6.44. The zero-order chi connectivity index (χ0) is 22.9. The van der Waals surface area contributed by atoms with Crippen LogP contribution in [0, 0.1) is 6.92 Å². The maximum atomic E-state index is 12.6. The Kier molecular flexibility index (Phi) is 5.47. The molecule has 1 aliphatic heterocycles. The molecule has 0 spiro atoms. The lowest BCUT2D eigenvalue weighted by Crippen LogP contribution is -2.25. The number of hydrogen-bond donors (Lipinski definition) is 2. The molecule has 0 bridgehead atoms. The second-order valence-electron chi connectivity index (χ2n) is 8.71. The Labute approximate surface area is 193 Å². The molecular weight excluding hydrogens is 410 g/mol. The number of amides is 2. The Hall–Kier alpha value is -3.86. The monoisotopic (exact) mass is 437 g/mol. The summed E-state index contributed by atoms with van der Waals surface area (Å²) < 4.78 is 0. The molecule has 0 saturated carbocycles. The van der Waals surface area contributed by atoms with Crippen molar-refractivity contribution >= 4 is 28.4 Å². The van der Waals surface area contributed by atoms with Gasteiger partial charge in [0.2, 0.25) is 5.91 Å². The van der Waals surface area contributed by atoms with E-state index < -0.39 is 0 Å². The fraction of sp³-hybridized carbons (Fsp3) is 0.214. The van der Waals surface area contributed by atoms with Crippen molar-refractivity contribution in [1.29, 1.82) is 0 Å². The number of carbonyl (C=O) groups excluding carboxylic acids is 2.